The number of aryl methyl sites for hydroxylation is 1. The first-order valence-electron chi connectivity index (χ1n) is 5.61. The normalized spacial score (nSPS) is 18.9. The predicted molar refractivity (Wildman–Crippen MR) is 66.2 cm³/mol. The Bertz CT molecular complexity index is 552. The van der Waals surface area contributed by atoms with Crippen LogP contribution in [-0.2, 0) is 19.1 Å². The summed E-state index contributed by atoms with van der Waals surface area (Å²) >= 11 is 1.08. The predicted octanol–water partition coefficient (Wildman–Crippen LogP) is 2.16. The Morgan fingerprint density at radius 2 is 2.00 bits per heavy atom. The number of hydrogen-bond donors (Lipinski definition) is 1. The second kappa shape index (κ2) is 4.64. The van der Waals surface area contributed by atoms with Gasteiger partial charge in [0.1, 0.15) is 4.21 Å². The molecule has 0 aromatic carbocycles. The monoisotopic (exact) mass is 290 g/mol. The Hall–Kier alpha value is -0.920. The Balaban J connectivity index is 2.29. The number of carbonyl (C=O) groups is 1. The first-order valence-corrected chi connectivity index (χ1v) is 7.84. The highest BCUT2D eigenvalue weighted by Gasteiger charge is 2.47. The van der Waals surface area contributed by atoms with Crippen molar-refractivity contribution < 1.29 is 22.5 Å². The van der Waals surface area contributed by atoms with Gasteiger partial charge in [-0.2, -0.15) is 8.42 Å². The lowest BCUT2D eigenvalue weighted by Gasteiger charge is -2.22. The molecule has 1 saturated carbocycles. The molecule has 1 aromatic heterocycles. The van der Waals surface area contributed by atoms with Crippen LogP contribution in [0.4, 0.5) is 0 Å². The maximum atomic E-state index is 12.0. The topological polar surface area (TPSA) is 80.7 Å². The van der Waals surface area contributed by atoms with Crippen molar-refractivity contribution in [1.29, 1.82) is 0 Å². The van der Waals surface area contributed by atoms with Crippen LogP contribution in [0.1, 0.15) is 30.6 Å². The molecule has 0 bridgehead atoms. The van der Waals surface area contributed by atoms with Crippen LogP contribution < -0.4 is 0 Å². The number of rotatable bonds is 4. The highest BCUT2D eigenvalue weighted by atomic mass is 32.3. The summed E-state index contributed by atoms with van der Waals surface area (Å²) in [5.74, 6) is -1.20. The summed E-state index contributed by atoms with van der Waals surface area (Å²) in [5, 5.41) is 9.19. The maximum absolute atomic E-state index is 12.0. The average molecular weight is 290 g/mol. The largest absolute Gasteiger partial charge is 0.479 e. The van der Waals surface area contributed by atoms with Crippen molar-refractivity contribution in [3.8, 4) is 0 Å². The minimum absolute atomic E-state index is 0.0625. The first kappa shape index (κ1) is 13.5. The zero-order valence-corrected chi connectivity index (χ0v) is 11.5. The van der Waals surface area contributed by atoms with Gasteiger partial charge < -0.3 is 5.11 Å². The SMILES string of the molecule is Cc1ccc(S(=O)(=O)OC2(C(=O)O)CCCC2)s1. The van der Waals surface area contributed by atoms with E-state index >= 15 is 0 Å². The zero-order chi connectivity index (χ0) is 13.4. The van der Waals surface area contributed by atoms with Gasteiger partial charge in [-0.15, -0.1) is 11.3 Å². The van der Waals surface area contributed by atoms with Crippen molar-refractivity contribution in [2.45, 2.75) is 42.4 Å². The smallest absolute Gasteiger partial charge is 0.337 e. The minimum Gasteiger partial charge on any atom is -0.479 e. The van der Waals surface area contributed by atoms with Gasteiger partial charge in [0.05, 0.1) is 0 Å². The van der Waals surface area contributed by atoms with Crippen LogP contribution in [0, 0.1) is 6.92 Å². The Morgan fingerprint density at radius 3 is 2.44 bits per heavy atom. The fourth-order valence-corrected chi connectivity index (χ4v) is 4.55. The van der Waals surface area contributed by atoms with E-state index in [2.05, 4.69) is 0 Å². The van der Waals surface area contributed by atoms with Gasteiger partial charge >= 0.3 is 16.1 Å². The first-order chi connectivity index (χ1) is 8.36. The summed E-state index contributed by atoms with van der Waals surface area (Å²) in [5.41, 5.74) is -1.57. The number of thiophene rings is 1. The van der Waals surface area contributed by atoms with E-state index in [0.29, 0.717) is 12.8 Å². The van der Waals surface area contributed by atoms with E-state index in [1.807, 2.05) is 0 Å². The minimum atomic E-state index is -3.99. The van der Waals surface area contributed by atoms with Crippen molar-refractivity contribution in [2.75, 3.05) is 0 Å². The summed E-state index contributed by atoms with van der Waals surface area (Å²) in [6.07, 6.45) is 1.83. The van der Waals surface area contributed by atoms with Crippen LogP contribution in [0.3, 0.4) is 0 Å². The second-order valence-electron chi connectivity index (χ2n) is 4.41. The van der Waals surface area contributed by atoms with E-state index in [9.17, 15) is 18.3 Å². The Labute approximate surface area is 110 Å². The third kappa shape index (κ3) is 2.43. The Kier molecular flexibility index (Phi) is 3.48. The highest BCUT2D eigenvalue weighted by Crippen LogP contribution is 2.37. The lowest BCUT2D eigenvalue weighted by atomic mass is 10.0. The van der Waals surface area contributed by atoms with E-state index in [-0.39, 0.29) is 17.1 Å². The molecule has 1 aliphatic rings. The number of carboxylic acids is 1. The molecule has 1 aliphatic carbocycles. The van der Waals surface area contributed by atoms with Crippen LogP contribution in [0.15, 0.2) is 16.3 Å². The van der Waals surface area contributed by atoms with E-state index in [4.69, 9.17) is 4.18 Å². The van der Waals surface area contributed by atoms with Gasteiger partial charge in [-0.1, -0.05) is 0 Å². The molecule has 0 amide bonds. The van der Waals surface area contributed by atoms with Crippen molar-refractivity contribution in [1.82, 2.24) is 0 Å². The summed E-state index contributed by atoms with van der Waals surface area (Å²) in [4.78, 5) is 12.1. The Morgan fingerprint density at radius 1 is 1.39 bits per heavy atom. The molecule has 1 N–H and O–H groups in total. The summed E-state index contributed by atoms with van der Waals surface area (Å²) < 4.78 is 29.2. The van der Waals surface area contributed by atoms with Gasteiger partial charge in [0, 0.05) is 4.88 Å². The van der Waals surface area contributed by atoms with Crippen molar-refractivity contribution in [2.24, 2.45) is 0 Å². The molecule has 7 heteroatoms. The highest BCUT2D eigenvalue weighted by molar-refractivity contribution is 7.89. The molecule has 1 fully saturated rings. The van der Waals surface area contributed by atoms with Crippen LogP contribution in [0.5, 0.6) is 0 Å². The van der Waals surface area contributed by atoms with E-state index in [1.165, 1.54) is 6.07 Å². The molecule has 0 saturated heterocycles. The summed E-state index contributed by atoms with van der Waals surface area (Å²) in [6.45, 7) is 1.78. The standard InChI is InChI=1S/C11H14O5S2/c1-8-4-5-9(17-8)18(14,15)16-11(10(12)13)6-2-3-7-11/h4-5H,2-3,6-7H2,1H3,(H,12,13). The summed E-state index contributed by atoms with van der Waals surface area (Å²) in [6, 6.07) is 3.11. The quantitative estimate of drug-likeness (QED) is 0.859. The molecule has 1 aromatic rings. The lowest BCUT2D eigenvalue weighted by Crippen LogP contribution is -2.40. The van der Waals surface area contributed by atoms with Crippen LogP contribution in [-0.4, -0.2) is 25.1 Å². The number of aliphatic carboxylic acids is 1. The van der Waals surface area contributed by atoms with Crippen LogP contribution in [0.2, 0.25) is 0 Å². The van der Waals surface area contributed by atoms with Crippen LogP contribution >= 0.6 is 11.3 Å². The molecule has 0 spiro atoms. The second-order valence-corrected chi connectivity index (χ2v) is 7.47. The van der Waals surface area contributed by atoms with Gasteiger partial charge in [0.25, 0.3) is 0 Å². The number of hydrogen-bond acceptors (Lipinski definition) is 5. The molecule has 2 rings (SSSR count). The molecule has 0 unspecified atom stereocenters. The maximum Gasteiger partial charge on any atom is 0.337 e. The molecule has 0 aliphatic heterocycles. The average Bonchev–Trinajstić information content (AvgIpc) is 2.87. The third-order valence-corrected chi connectivity index (χ3v) is 5.86. The molecule has 1 heterocycles. The lowest BCUT2D eigenvalue weighted by molar-refractivity contribution is -0.154. The van der Waals surface area contributed by atoms with E-state index < -0.39 is 21.7 Å². The third-order valence-electron chi connectivity index (χ3n) is 3.03. The van der Waals surface area contributed by atoms with Gasteiger partial charge in [-0.25, -0.2) is 8.98 Å². The fraction of sp³-hybridized carbons (Fsp3) is 0.545. The molecule has 0 radical (unpaired) electrons. The zero-order valence-electron chi connectivity index (χ0n) is 9.88. The van der Waals surface area contributed by atoms with E-state index in [1.54, 1.807) is 13.0 Å². The molecule has 0 atom stereocenters. The van der Waals surface area contributed by atoms with Gasteiger partial charge in [-0.3, -0.25) is 0 Å². The van der Waals surface area contributed by atoms with Gasteiger partial charge in [0.15, 0.2) is 5.60 Å². The fourth-order valence-electron chi connectivity index (χ4n) is 2.08. The van der Waals surface area contributed by atoms with Crippen molar-refractivity contribution in [3.05, 3.63) is 17.0 Å². The molecule has 5 nitrogen and oxygen atoms in total. The van der Waals surface area contributed by atoms with Crippen LogP contribution in [0.25, 0.3) is 0 Å². The molecule has 18 heavy (non-hydrogen) atoms. The number of carboxylic acid groups (broad SMARTS) is 1. The molecule has 100 valence electrons. The molecular weight excluding hydrogens is 276 g/mol. The van der Waals surface area contributed by atoms with Gasteiger partial charge in [-0.05, 0) is 44.7 Å². The van der Waals surface area contributed by atoms with Gasteiger partial charge in [0.2, 0.25) is 0 Å². The molecular formula is C11H14O5S2. The summed E-state index contributed by atoms with van der Waals surface area (Å²) in [7, 11) is -3.99. The van der Waals surface area contributed by atoms with Crippen molar-refractivity contribution >= 4 is 27.4 Å². The van der Waals surface area contributed by atoms with E-state index in [0.717, 1.165) is 16.2 Å². The van der Waals surface area contributed by atoms with Crippen molar-refractivity contribution in [3.63, 3.8) is 0 Å².